The summed E-state index contributed by atoms with van der Waals surface area (Å²) in [7, 11) is 1.97. The van der Waals surface area contributed by atoms with E-state index in [0.29, 0.717) is 0 Å². The third kappa shape index (κ3) is 1.35. The van der Waals surface area contributed by atoms with E-state index >= 15 is 0 Å². The maximum atomic E-state index is 3.24. The summed E-state index contributed by atoms with van der Waals surface area (Å²) in [6, 6.07) is 12.9. The fraction of sp³-hybridized carbons (Fsp3) is 0.231. The second kappa shape index (κ2) is 3.70. The minimum absolute atomic E-state index is 1.08. The molecule has 14 heavy (non-hydrogen) atoms. The van der Waals surface area contributed by atoms with Gasteiger partial charge in [0.05, 0.1) is 0 Å². The third-order valence-electron chi connectivity index (χ3n) is 2.64. The highest BCUT2D eigenvalue weighted by Crippen LogP contribution is 2.26. The van der Waals surface area contributed by atoms with E-state index < -0.39 is 0 Å². The maximum Gasteiger partial charge on any atom is 0.0420 e. The van der Waals surface area contributed by atoms with Crippen molar-refractivity contribution in [1.82, 2.24) is 0 Å². The van der Waals surface area contributed by atoms with Gasteiger partial charge in [-0.25, -0.2) is 0 Å². The highest BCUT2D eigenvalue weighted by molar-refractivity contribution is 5.96. The lowest BCUT2D eigenvalue weighted by atomic mass is 10.0. The van der Waals surface area contributed by atoms with Crippen LogP contribution >= 0.6 is 0 Å². The van der Waals surface area contributed by atoms with Crippen LogP contribution in [0.3, 0.4) is 0 Å². The van der Waals surface area contributed by atoms with Gasteiger partial charge < -0.3 is 5.32 Å². The Morgan fingerprint density at radius 2 is 1.79 bits per heavy atom. The summed E-state index contributed by atoms with van der Waals surface area (Å²) < 4.78 is 0. The van der Waals surface area contributed by atoms with E-state index in [1.165, 1.54) is 22.0 Å². The summed E-state index contributed by atoms with van der Waals surface area (Å²) in [6.07, 6.45) is 1.08. The molecule has 0 aromatic heterocycles. The molecule has 0 aliphatic rings. The van der Waals surface area contributed by atoms with Gasteiger partial charge in [-0.1, -0.05) is 37.3 Å². The zero-order valence-electron chi connectivity index (χ0n) is 8.67. The molecule has 2 rings (SSSR count). The Balaban J connectivity index is 2.81. The van der Waals surface area contributed by atoms with Crippen LogP contribution in [0.4, 0.5) is 5.69 Å². The quantitative estimate of drug-likeness (QED) is 0.755. The molecule has 0 saturated carbocycles. The smallest absolute Gasteiger partial charge is 0.0420 e. The Morgan fingerprint density at radius 1 is 1.07 bits per heavy atom. The molecule has 0 aliphatic carbocycles. The fourth-order valence-corrected chi connectivity index (χ4v) is 1.92. The Hall–Kier alpha value is -1.50. The van der Waals surface area contributed by atoms with Crippen molar-refractivity contribution in [3.05, 3.63) is 42.0 Å². The third-order valence-corrected chi connectivity index (χ3v) is 2.64. The van der Waals surface area contributed by atoms with Crippen molar-refractivity contribution >= 4 is 16.5 Å². The standard InChI is InChI=1S/C13H15N/c1-3-10-6-4-7-11-8-5-9-12(14-2)13(10)11/h4-9,14H,3H2,1-2H3. The van der Waals surface area contributed by atoms with Gasteiger partial charge in [0.1, 0.15) is 0 Å². The van der Waals surface area contributed by atoms with Crippen molar-refractivity contribution in [2.75, 3.05) is 12.4 Å². The van der Waals surface area contributed by atoms with E-state index in [4.69, 9.17) is 0 Å². The van der Waals surface area contributed by atoms with Gasteiger partial charge in [-0.05, 0) is 23.4 Å². The topological polar surface area (TPSA) is 12.0 Å². The van der Waals surface area contributed by atoms with Crippen LogP contribution in [0.15, 0.2) is 36.4 Å². The Morgan fingerprint density at radius 3 is 2.43 bits per heavy atom. The Kier molecular flexibility index (Phi) is 2.40. The van der Waals surface area contributed by atoms with Crippen molar-refractivity contribution in [2.24, 2.45) is 0 Å². The largest absolute Gasteiger partial charge is 0.388 e. The average molecular weight is 185 g/mol. The number of rotatable bonds is 2. The number of fused-ring (bicyclic) bond motifs is 1. The number of nitrogens with one attached hydrogen (secondary N) is 1. The first-order valence-corrected chi connectivity index (χ1v) is 5.05. The summed E-state index contributed by atoms with van der Waals surface area (Å²) >= 11 is 0. The van der Waals surface area contributed by atoms with Gasteiger partial charge in [0.25, 0.3) is 0 Å². The molecule has 0 fully saturated rings. The van der Waals surface area contributed by atoms with Crippen molar-refractivity contribution in [3.8, 4) is 0 Å². The molecule has 2 aromatic carbocycles. The van der Waals surface area contributed by atoms with Crippen LogP contribution in [0.2, 0.25) is 0 Å². The van der Waals surface area contributed by atoms with Crippen LogP contribution in [-0.2, 0) is 6.42 Å². The first kappa shape index (κ1) is 9.07. The zero-order chi connectivity index (χ0) is 9.97. The highest BCUT2D eigenvalue weighted by atomic mass is 14.8. The van der Waals surface area contributed by atoms with E-state index in [1.54, 1.807) is 0 Å². The lowest BCUT2D eigenvalue weighted by molar-refractivity contribution is 1.16. The molecule has 0 radical (unpaired) electrons. The SMILES string of the molecule is CCc1cccc2cccc(NC)c12. The molecule has 0 heterocycles. The molecule has 0 unspecified atom stereocenters. The molecule has 0 spiro atoms. The fourth-order valence-electron chi connectivity index (χ4n) is 1.92. The van der Waals surface area contributed by atoms with Gasteiger partial charge in [-0.3, -0.25) is 0 Å². The maximum absolute atomic E-state index is 3.24. The van der Waals surface area contributed by atoms with Crippen LogP contribution < -0.4 is 5.32 Å². The predicted molar refractivity (Wildman–Crippen MR) is 62.9 cm³/mol. The lowest BCUT2D eigenvalue weighted by Gasteiger charge is -2.09. The minimum Gasteiger partial charge on any atom is -0.388 e. The summed E-state index contributed by atoms with van der Waals surface area (Å²) in [6.45, 7) is 2.20. The Bertz CT molecular complexity index is 407. The van der Waals surface area contributed by atoms with Crippen LogP contribution in [0.1, 0.15) is 12.5 Å². The van der Waals surface area contributed by atoms with Gasteiger partial charge in [0.2, 0.25) is 0 Å². The molecule has 0 amide bonds. The predicted octanol–water partition coefficient (Wildman–Crippen LogP) is 3.44. The molecular formula is C13H15N. The van der Waals surface area contributed by atoms with Gasteiger partial charge in [-0.15, -0.1) is 0 Å². The number of hydrogen-bond acceptors (Lipinski definition) is 1. The van der Waals surface area contributed by atoms with Crippen LogP contribution in [0, 0.1) is 0 Å². The molecule has 0 saturated heterocycles. The van der Waals surface area contributed by atoms with Crippen LogP contribution in [0.5, 0.6) is 0 Å². The molecule has 0 atom stereocenters. The minimum atomic E-state index is 1.08. The first-order valence-electron chi connectivity index (χ1n) is 5.05. The molecule has 0 bridgehead atoms. The van der Waals surface area contributed by atoms with Gasteiger partial charge in [0, 0.05) is 18.1 Å². The monoisotopic (exact) mass is 185 g/mol. The van der Waals surface area contributed by atoms with E-state index in [0.717, 1.165) is 6.42 Å². The zero-order valence-corrected chi connectivity index (χ0v) is 8.67. The van der Waals surface area contributed by atoms with Gasteiger partial charge in [0.15, 0.2) is 0 Å². The molecule has 0 aliphatic heterocycles. The molecular weight excluding hydrogens is 170 g/mol. The van der Waals surface area contributed by atoms with Crippen LogP contribution in [0.25, 0.3) is 10.8 Å². The lowest BCUT2D eigenvalue weighted by Crippen LogP contribution is -1.92. The second-order valence-electron chi connectivity index (χ2n) is 3.42. The normalized spacial score (nSPS) is 10.4. The van der Waals surface area contributed by atoms with E-state index in [2.05, 4.69) is 48.6 Å². The number of hydrogen-bond donors (Lipinski definition) is 1. The summed E-state index contributed by atoms with van der Waals surface area (Å²) in [5, 5.41) is 5.92. The summed E-state index contributed by atoms with van der Waals surface area (Å²) in [5.41, 5.74) is 2.63. The van der Waals surface area contributed by atoms with E-state index in [9.17, 15) is 0 Å². The highest BCUT2D eigenvalue weighted by Gasteiger charge is 2.02. The van der Waals surface area contributed by atoms with E-state index in [1.807, 2.05) is 7.05 Å². The average Bonchev–Trinajstić information content (AvgIpc) is 2.27. The number of benzene rings is 2. The Labute approximate surface area is 84.8 Å². The van der Waals surface area contributed by atoms with Crippen LogP contribution in [-0.4, -0.2) is 7.05 Å². The van der Waals surface area contributed by atoms with Crippen molar-refractivity contribution < 1.29 is 0 Å². The second-order valence-corrected chi connectivity index (χ2v) is 3.42. The van der Waals surface area contributed by atoms with Gasteiger partial charge in [-0.2, -0.15) is 0 Å². The molecule has 1 N–H and O–H groups in total. The van der Waals surface area contributed by atoms with Crippen molar-refractivity contribution in [2.45, 2.75) is 13.3 Å². The molecule has 72 valence electrons. The van der Waals surface area contributed by atoms with Crippen molar-refractivity contribution in [1.29, 1.82) is 0 Å². The summed E-state index contributed by atoms with van der Waals surface area (Å²) in [4.78, 5) is 0. The van der Waals surface area contributed by atoms with Crippen molar-refractivity contribution in [3.63, 3.8) is 0 Å². The molecule has 1 heteroatoms. The molecule has 2 aromatic rings. The van der Waals surface area contributed by atoms with Gasteiger partial charge >= 0.3 is 0 Å². The van der Waals surface area contributed by atoms with E-state index in [-0.39, 0.29) is 0 Å². The molecule has 1 nitrogen and oxygen atoms in total. The number of aryl methyl sites for hydroxylation is 1. The first-order chi connectivity index (χ1) is 6.86. The summed E-state index contributed by atoms with van der Waals surface area (Å²) in [5.74, 6) is 0. The number of anilines is 1.